The number of hydrogen-bond acceptors (Lipinski definition) is 3. The summed E-state index contributed by atoms with van der Waals surface area (Å²) in [6.07, 6.45) is 1.94. The van der Waals surface area contributed by atoms with Gasteiger partial charge in [-0.05, 0) is 42.9 Å². The topological polar surface area (TPSA) is 46.3 Å². The van der Waals surface area contributed by atoms with E-state index in [2.05, 4.69) is 25.9 Å². The Morgan fingerprint density at radius 3 is 2.65 bits per heavy atom. The molecule has 0 radical (unpaired) electrons. The monoisotopic (exact) mass is 235 g/mol. The lowest BCUT2D eigenvalue weighted by molar-refractivity contribution is -0.0891. The Morgan fingerprint density at radius 2 is 2.18 bits per heavy atom. The summed E-state index contributed by atoms with van der Waals surface area (Å²) in [5.74, 6) is 2.11. The first-order valence-corrected chi connectivity index (χ1v) is 6.52. The summed E-state index contributed by atoms with van der Waals surface area (Å²) in [5.41, 5.74) is 0.412. The molecular formula is C14H21NO2. The second-order valence-corrected chi connectivity index (χ2v) is 6.61. The van der Waals surface area contributed by atoms with Crippen LogP contribution in [0.1, 0.15) is 45.1 Å². The van der Waals surface area contributed by atoms with E-state index in [1.807, 2.05) is 13.0 Å². The smallest absolute Gasteiger partial charge is 0.168 e. The van der Waals surface area contributed by atoms with Gasteiger partial charge < -0.3 is 9.63 Å². The van der Waals surface area contributed by atoms with Crippen molar-refractivity contribution < 1.29 is 9.63 Å². The van der Waals surface area contributed by atoms with Gasteiger partial charge in [0.05, 0.1) is 5.69 Å². The third kappa shape index (κ3) is 1.29. The fraction of sp³-hybridized carbons (Fsp3) is 0.786. The Bertz CT molecular complexity index is 447. The van der Waals surface area contributed by atoms with Crippen molar-refractivity contribution in [2.75, 3.05) is 0 Å². The number of aromatic nitrogens is 1. The molecule has 1 heterocycles. The largest absolute Gasteiger partial charge is 0.381 e. The molecular weight excluding hydrogens is 214 g/mol. The summed E-state index contributed by atoms with van der Waals surface area (Å²) in [7, 11) is 0. The predicted octanol–water partition coefficient (Wildman–Crippen LogP) is 2.87. The molecule has 17 heavy (non-hydrogen) atoms. The van der Waals surface area contributed by atoms with E-state index in [-0.39, 0.29) is 0 Å². The molecule has 0 aliphatic heterocycles. The van der Waals surface area contributed by atoms with Gasteiger partial charge in [0.15, 0.2) is 5.76 Å². The van der Waals surface area contributed by atoms with Crippen molar-refractivity contribution in [1.82, 2.24) is 5.16 Å². The minimum absolute atomic E-state index is 0.315. The third-order valence-corrected chi connectivity index (χ3v) is 5.59. The van der Waals surface area contributed by atoms with E-state index in [0.29, 0.717) is 28.9 Å². The van der Waals surface area contributed by atoms with E-state index in [1.54, 1.807) is 0 Å². The fourth-order valence-corrected chi connectivity index (χ4v) is 4.04. The van der Waals surface area contributed by atoms with Gasteiger partial charge in [0.1, 0.15) is 5.60 Å². The molecule has 1 N–H and O–H groups in total. The number of aliphatic hydroxyl groups is 1. The van der Waals surface area contributed by atoms with E-state index >= 15 is 0 Å². The van der Waals surface area contributed by atoms with Crippen LogP contribution in [-0.2, 0) is 5.60 Å². The molecule has 0 spiro atoms. The zero-order chi connectivity index (χ0) is 12.4. The van der Waals surface area contributed by atoms with Gasteiger partial charge >= 0.3 is 0 Å². The van der Waals surface area contributed by atoms with Gasteiger partial charge in [-0.15, -0.1) is 0 Å². The van der Waals surface area contributed by atoms with Gasteiger partial charge in [-0.3, -0.25) is 0 Å². The van der Waals surface area contributed by atoms with E-state index in [1.165, 1.54) is 0 Å². The van der Waals surface area contributed by atoms with Crippen LogP contribution in [0.15, 0.2) is 10.6 Å². The Balaban J connectivity index is 1.98. The number of fused-ring (bicyclic) bond motifs is 2. The molecule has 3 heteroatoms. The number of aryl methyl sites for hydroxylation is 1. The maximum atomic E-state index is 10.9. The number of hydrogen-bond donors (Lipinski definition) is 1. The van der Waals surface area contributed by atoms with E-state index in [4.69, 9.17) is 4.52 Å². The first kappa shape index (κ1) is 11.3. The Hall–Kier alpha value is -0.830. The zero-order valence-electron chi connectivity index (χ0n) is 11.0. The lowest BCUT2D eigenvalue weighted by atomic mass is 9.64. The number of rotatable bonds is 1. The molecule has 2 bridgehead atoms. The van der Waals surface area contributed by atoms with E-state index < -0.39 is 5.60 Å². The normalized spacial score (nSPS) is 43.2. The van der Waals surface area contributed by atoms with Gasteiger partial charge in [-0.2, -0.15) is 0 Å². The molecule has 2 saturated carbocycles. The van der Waals surface area contributed by atoms with Crippen molar-refractivity contribution in [1.29, 1.82) is 0 Å². The highest BCUT2D eigenvalue weighted by Crippen LogP contribution is 2.65. The summed E-state index contributed by atoms with van der Waals surface area (Å²) in [5, 5.41) is 14.9. The molecule has 4 atom stereocenters. The molecule has 3 rings (SSSR count). The molecule has 0 aromatic carbocycles. The fourth-order valence-electron chi connectivity index (χ4n) is 4.04. The zero-order valence-corrected chi connectivity index (χ0v) is 11.0. The average Bonchev–Trinajstić information content (AvgIpc) is 2.86. The van der Waals surface area contributed by atoms with Gasteiger partial charge in [0.25, 0.3) is 0 Å². The predicted molar refractivity (Wildman–Crippen MR) is 64.3 cm³/mol. The molecule has 94 valence electrons. The van der Waals surface area contributed by atoms with Crippen LogP contribution < -0.4 is 0 Å². The molecule has 2 aliphatic rings. The van der Waals surface area contributed by atoms with Crippen LogP contribution in [0, 0.1) is 30.1 Å². The summed E-state index contributed by atoms with van der Waals surface area (Å²) < 4.78 is 5.32. The highest BCUT2D eigenvalue weighted by molar-refractivity contribution is 5.21. The second kappa shape index (κ2) is 3.14. The highest BCUT2D eigenvalue weighted by atomic mass is 16.5. The second-order valence-electron chi connectivity index (χ2n) is 6.61. The van der Waals surface area contributed by atoms with Gasteiger partial charge in [-0.25, -0.2) is 0 Å². The molecule has 2 aliphatic carbocycles. The molecule has 2 fully saturated rings. The van der Waals surface area contributed by atoms with Crippen LogP contribution in [0.5, 0.6) is 0 Å². The van der Waals surface area contributed by atoms with E-state index in [9.17, 15) is 5.11 Å². The first-order valence-electron chi connectivity index (χ1n) is 6.52. The van der Waals surface area contributed by atoms with Crippen LogP contribution in [0.25, 0.3) is 0 Å². The minimum atomic E-state index is -0.777. The van der Waals surface area contributed by atoms with Crippen molar-refractivity contribution in [3.05, 3.63) is 17.5 Å². The van der Waals surface area contributed by atoms with E-state index in [0.717, 1.165) is 18.5 Å². The molecule has 0 saturated heterocycles. The van der Waals surface area contributed by atoms with Gasteiger partial charge in [-0.1, -0.05) is 25.9 Å². The first-order chi connectivity index (χ1) is 7.85. The summed E-state index contributed by atoms with van der Waals surface area (Å²) in [6.45, 7) is 8.82. The Kier molecular flexibility index (Phi) is 2.08. The minimum Gasteiger partial charge on any atom is -0.381 e. The number of nitrogens with zero attached hydrogens (tertiary/aromatic N) is 1. The highest BCUT2D eigenvalue weighted by Gasteiger charge is 2.63. The van der Waals surface area contributed by atoms with Crippen molar-refractivity contribution in [3.63, 3.8) is 0 Å². The Morgan fingerprint density at radius 1 is 1.47 bits per heavy atom. The van der Waals surface area contributed by atoms with Gasteiger partial charge in [0, 0.05) is 6.07 Å². The summed E-state index contributed by atoms with van der Waals surface area (Å²) in [6, 6.07) is 1.89. The summed E-state index contributed by atoms with van der Waals surface area (Å²) in [4.78, 5) is 0. The Labute approximate surface area is 102 Å². The van der Waals surface area contributed by atoms with Gasteiger partial charge in [0.2, 0.25) is 0 Å². The lowest BCUT2D eigenvalue weighted by Gasteiger charge is -2.43. The van der Waals surface area contributed by atoms with Crippen LogP contribution in [0.3, 0.4) is 0 Å². The molecule has 3 nitrogen and oxygen atoms in total. The average molecular weight is 235 g/mol. The quantitative estimate of drug-likeness (QED) is 0.814. The van der Waals surface area contributed by atoms with Crippen LogP contribution in [0.2, 0.25) is 0 Å². The van der Waals surface area contributed by atoms with Crippen molar-refractivity contribution in [2.45, 2.75) is 46.1 Å². The summed E-state index contributed by atoms with van der Waals surface area (Å²) >= 11 is 0. The SMILES string of the molecule is Cc1cc([C@@]2(O)C[C@H]3C[C@@H]2[C@H](C)C3(C)C)on1. The standard InChI is InChI=1S/C14H21NO2/c1-8-5-12(17-15-8)14(16)7-10-6-11(14)9(2)13(10,3)4/h5,9-11,16H,6-7H2,1-4H3/t9-,10+,11+,14+/m0/s1. The lowest BCUT2D eigenvalue weighted by Crippen LogP contribution is -2.42. The molecule has 0 amide bonds. The third-order valence-electron chi connectivity index (χ3n) is 5.59. The van der Waals surface area contributed by atoms with Crippen LogP contribution in [-0.4, -0.2) is 10.3 Å². The molecule has 1 aromatic rings. The van der Waals surface area contributed by atoms with Crippen molar-refractivity contribution >= 4 is 0 Å². The van der Waals surface area contributed by atoms with Crippen molar-refractivity contribution in [3.8, 4) is 0 Å². The van der Waals surface area contributed by atoms with Crippen LogP contribution >= 0.6 is 0 Å². The molecule has 0 unspecified atom stereocenters. The molecule has 1 aromatic heterocycles. The van der Waals surface area contributed by atoms with Crippen molar-refractivity contribution in [2.24, 2.45) is 23.2 Å². The maximum absolute atomic E-state index is 10.9. The maximum Gasteiger partial charge on any atom is 0.168 e. The van der Waals surface area contributed by atoms with Crippen LogP contribution in [0.4, 0.5) is 0 Å².